The van der Waals surface area contributed by atoms with Crippen LogP contribution in [0.4, 0.5) is 0 Å². The van der Waals surface area contributed by atoms with E-state index in [0.717, 1.165) is 10.0 Å². The fourth-order valence-electron chi connectivity index (χ4n) is 1.59. The van der Waals surface area contributed by atoms with Gasteiger partial charge >= 0.3 is 0 Å². The van der Waals surface area contributed by atoms with E-state index in [1.807, 2.05) is 30.3 Å². The van der Waals surface area contributed by atoms with Crippen molar-refractivity contribution in [3.8, 4) is 6.07 Å². The van der Waals surface area contributed by atoms with Gasteiger partial charge in [0.1, 0.15) is 11.8 Å². The number of nitrogens with zero attached hydrogens (tertiary/aromatic N) is 4. The van der Waals surface area contributed by atoms with Crippen LogP contribution in [-0.2, 0) is 17.9 Å². The van der Waals surface area contributed by atoms with Crippen LogP contribution in [0.3, 0.4) is 0 Å². The van der Waals surface area contributed by atoms with E-state index in [2.05, 4.69) is 26.2 Å². The van der Waals surface area contributed by atoms with Gasteiger partial charge in [0.15, 0.2) is 5.69 Å². The minimum Gasteiger partial charge on any atom is -0.378 e. The second-order valence-corrected chi connectivity index (χ2v) is 4.63. The zero-order valence-electron chi connectivity index (χ0n) is 9.80. The molecule has 1 heterocycles. The SMILES string of the molecule is COCc1c(C#N)nnn1Cc1ccc(Br)cc1. The number of hydrogen-bond donors (Lipinski definition) is 0. The van der Waals surface area contributed by atoms with E-state index in [-0.39, 0.29) is 0 Å². The zero-order chi connectivity index (χ0) is 13.0. The van der Waals surface area contributed by atoms with Crippen LogP contribution in [0, 0.1) is 11.3 Å². The molecule has 18 heavy (non-hydrogen) atoms. The molecule has 0 fully saturated rings. The molecular formula is C12H11BrN4O. The van der Waals surface area contributed by atoms with Gasteiger partial charge in [0.2, 0.25) is 0 Å². The Balaban J connectivity index is 2.26. The molecule has 0 atom stereocenters. The average molecular weight is 307 g/mol. The molecule has 2 aromatic rings. The number of aromatic nitrogens is 3. The Bertz CT molecular complexity index is 571. The fourth-order valence-corrected chi connectivity index (χ4v) is 1.85. The molecule has 0 N–H and O–H groups in total. The Morgan fingerprint density at radius 2 is 2.11 bits per heavy atom. The van der Waals surface area contributed by atoms with Gasteiger partial charge in [-0.2, -0.15) is 5.26 Å². The first-order valence-corrected chi connectivity index (χ1v) is 6.09. The third-order valence-electron chi connectivity index (χ3n) is 2.47. The van der Waals surface area contributed by atoms with Crippen LogP contribution < -0.4 is 0 Å². The summed E-state index contributed by atoms with van der Waals surface area (Å²) in [5.41, 5.74) is 2.10. The lowest BCUT2D eigenvalue weighted by Gasteiger charge is -2.06. The van der Waals surface area contributed by atoms with Crippen LogP contribution in [-0.4, -0.2) is 22.1 Å². The lowest BCUT2D eigenvalue weighted by molar-refractivity contribution is 0.177. The van der Waals surface area contributed by atoms with Crippen molar-refractivity contribution in [1.82, 2.24) is 15.0 Å². The van der Waals surface area contributed by atoms with E-state index < -0.39 is 0 Å². The first-order chi connectivity index (χ1) is 8.74. The molecule has 92 valence electrons. The van der Waals surface area contributed by atoms with Crippen molar-refractivity contribution >= 4 is 15.9 Å². The van der Waals surface area contributed by atoms with Crippen LogP contribution in [0.2, 0.25) is 0 Å². The summed E-state index contributed by atoms with van der Waals surface area (Å²) >= 11 is 3.39. The van der Waals surface area contributed by atoms with Crippen molar-refractivity contribution in [2.24, 2.45) is 0 Å². The largest absolute Gasteiger partial charge is 0.378 e. The van der Waals surface area contributed by atoms with Crippen molar-refractivity contribution in [1.29, 1.82) is 5.26 Å². The summed E-state index contributed by atoms with van der Waals surface area (Å²) in [6, 6.07) is 9.93. The standard InChI is InChI=1S/C12H11BrN4O/c1-18-8-12-11(6-14)15-16-17(12)7-9-2-4-10(13)5-3-9/h2-5H,7-8H2,1H3. The van der Waals surface area contributed by atoms with Crippen molar-refractivity contribution in [2.45, 2.75) is 13.2 Å². The molecule has 0 unspecified atom stereocenters. The number of ether oxygens (including phenoxy) is 1. The Labute approximate surface area is 113 Å². The molecule has 0 aliphatic heterocycles. The maximum absolute atomic E-state index is 8.93. The van der Waals surface area contributed by atoms with Gasteiger partial charge < -0.3 is 4.74 Å². The Morgan fingerprint density at radius 1 is 1.39 bits per heavy atom. The van der Waals surface area contributed by atoms with Crippen LogP contribution >= 0.6 is 15.9 Å². The summed E-state index contributed by atoms with van der Waals surface area (Å²) in [4.78, 5) is 0. The molecular weight excluding hydrogens is 296 g/mol. The van der Waals surface area contributed by atoms with E-state index in [9.17, 15) is 0 Å². The molecule has 0 saturated carbocycles. The van der Waals surface area contributed by atoms with Gasteiger partial charge in [-0.3, -0.25) is 0 Å². The summed E-state index contributed by atoms with van der Waals surface area (Å²) in [5, 5.41) is 16.7. The molecule has 0 spiro atoms. The van der Waals surface area contributed by atoms with Crippen LogP contribution in [0.15, 0.2) is 28.7 Å². The van der Waals surface area contributed by atoms with E-state index in [1.165, 1.54) is 0 Å². The highest BCUT2D eigenvalue weighted by molar-refractivity contribution is 9.10. The summed E-state index contributed by atoms with van der Waals surface area (Å²) in [7, 11) is 1.58. The highest BCUT2D eigenvalue weighted by atomic mass is 79.9. The topological polar surface area (TPSA) is 63.7 Å². The van der Waals surface area contributed by atoms with Gasteiger partial charge in [-0.1, -0.05) is 33.3 Å². The van der Waals surface area contributed by atoms with Gasteiger partial charge in [0.05, 0.1) is 13.2 Å². The zero-order valence-corrected chi connectivity index (χ0v) is 11.4. The molecule has 2 rings (SSSR count). The Kier molecular flexibility index (Phi) is 4.07. The highest BCUT2D eigenvalue weighted by Crippen LogP contribution is 2.13. The van der Waals surface area contributed by atoms with Crippen LogP contribution in [0.1, 0.15) is 17.0 Å². The quantitative estimate of drug-likeness (QED) is 0.868. The van der Waals surface area contributed by atoms with Crippen molar-refractivity contribution in [2.75, 3.05) is 7.11 Å². The molecule has 1 aromatic carbocycles. The number of hydrogen-bond acceptors (Lipinski definition) is 4. The number of rotatable bonds is 4. The third-order valence-corrected chi connectivity index (χ3v) is 3.00. The molecule has 0 aliphatic carbocycles. The van der Waals surface area contributed by atoms with Crippen molar-refractivity contribution in [3.63, 3.8) is 0 Å². The predicted molar refractivity (Wildman–Crippen MR) is 68.7 cm³/mol. The first-order valence-electron chi connectivity index (χ1n) is 5.30. The second-order valence-electron chi connectivity index (χ2n) is 3.71. The highest BCUT2D eigenvalue weighted by Gasteiger charge is 2.12. The van der Waals surface area contributed by atoms with Gasteiger partial charge in [0.25, 0.3) is 0 Å². The van der Waals surface area contributed by atoms with Crippen LogP contribution in [0.5, 0.6) is 0 Å². The summed E-state index contributed by atoms with van der Waals surface area (Å²) in [6.45, 7) is 0.896. The summed E-state index contributed by atoms with van der Waals surface area (Å²) in [5.74, 6) is 0. The van der Waals surface area contributed by atoms with E-state index in [1.54, 1.807) is 11.8 Å². The van der Waals surface area contributed by atoms with E-state index in [4.69, 9.17) is 10.00 Å². The monoisotopic (exact) mass is 306 g/mol. The molecule has 0 saturated heterocycles. The molecule has 5 nitrogen and oxygen atoms in total. The smallest absolute Gasteiger partial charge is 0.188 e. The van der Waals surface area contributed by atoms with Crippen LogP contribution in [0.25, 0.3) is 0 Å². The summed E-state index contributed by atoms with van der Waals surface area (Å²) < 4.78 is 7.78. The first kappa shape index (κ1) is 12.7. The van der Waals surface area contributed by atoms with Gasteiger partial charge in [-0.25, -0.2) is 4.68 Å². The third kappa shape index (κ3) is 2.75. The molecule has 0 radical (unpaired) electrons. The number of benzene rings is 1. The molecule has 0 amide bonds. The average Bonchev–Trinajstić information content (AvgIpc) is 2.75. The van der Waals surface area contributed by atoms with E-state index in [0.29, 0.717) is 24.5 Å². The predicted octanol–water partition coefficient (Wildman–Crippen LogP) is 2.11. The lowest BCUT2D eigenvalue weighted by atomic mass is 10.2. The lowest BCUT2D eigenvalue weighted by Crippen LogP contribution is -2.07. The van der Waals surface area contributed by atoms with Crippen molar-refractivity contribution < 1.29 is 4.74 Å². The Morgan fingerprint density at radius 3 is 2.72 bits per heavy atom. The normalized spacial score (nSPS) is 10.3. The van der Waals surface area contributed by atoms with Gasteiger partial charge in [0, 0.05) is 11.6 Å². The fraction of sp³-hybridized carbons (Fsp3) is 0.250. The number of methoxy groups -OCH3 is 1. The second kappa shape index (κ2) is 5.76. The van der Waals surface area contributed by atoms with Gasteiger partial charge in [-0.05, 0) is 17.7 Å². The molecule has 1 aromatic heterocycles. The molecule has 6 heteroatoms. The number of nitriles is 1. The maximum Gasteiger partial charge on any atom is 0.188 e. The van der Waals surface area contributed by atoms with Crippen molar-refractivity contribution in [3.05, 3.63) is 45.7 Å². The minimum absolute atomic E-state index is 0.314. The molecule has 0 aliphatic rings. The minimum atomic E-state index is 0.314. The summed E-state index contributed by atoms with van der Waals surface area (Å²) in [6.07, 6.45) is 0. The van der Waals surface area contributed by atoms with E-state index >= 15 is 0 Å². The maximum atomic E-state index is 8.93. The number of halogens is 1. The Hall–Kier alpha value is -1.71. The molecule has 0 bridgehead atoms. The van der Waals surface area contributed by atoms with Gasteiger partial charge in [-0.15, -0.1) is 5.10 Å².